The molecule has 0 aromatic carbocycles. The largest absolute Gasteiger partial charge is 0.463 e. The predicted octanol–water partition coefficient (Wildman–Crippen LogP) is 3.42. The molecule has 0 aliphatic heterocycles. The molecule has 0 bridgehead atoms. The van der Waals surface area contributed by atoms with Gasteiger partial charge in [0.15, 0.2) is 0 Å². The maximum absolute atomic E-state index is 11.3. The van der Waals surface area contributed by atoms with Crippen LogP contribution < -0.4 is 0 Å². The SMILES string of the molecule is C=C(CSC1CCCC(C)C1)C(=O)OCC. The van der Waals surface area contributed by atoms with Crippen LogP contribution in [-0.4, -0.2) is 23.6 Å². The molecule has 3 heteroatoms. The Morgan fingerprint density at radius 2 is 2.25 bits per heavy atom. The van der Waals surface area contributed by atoms with Crippen molar-refractivity contribution in [2.45, 2.75) is 44.8 Å². The average molecular weight is 242 g/mol. The molecule has 0 N–H and O–H groups in total. The number of esters is 1. The number of thioether (sulfide) groups is 1. The summed E-state index contributed by atoms with van der Waals surface area (Å²) in [5.41, 5.74) is 0.602. The van der Waals surface area contributed by atoms with Gasteiger partial charge >= 0.3 is 5.97 Å². The molecular weight excluding hydrogens is 220 g/mol. The first-order valence-corrected chi connectivity index (χ1v) is 7.14. The van der Waals surface area contributed by atoms with Crippen LogP contribution in [0.3, 0.4) is 0 Å². The smallest absolute Gasteiger partial charge is 0.334 e. The maximum Gasteiger partial charge on any atom is 0.334 e. The molecule has 0 amide bonds. The Balaban J connectivity index is 2.23. The summed E-state index contributed by atoms with van der Waals surface area (Å²) in [4.78, 5) is 11.3. The molecule has 2 atom stereocenters. The van der Waals surface area contributed by atoms with Gasteiger partial charge in [-0.1, -0.05) is 26.3 Å². The van der Waals surface area contributed by atoms with E-state index in [1.54, 1.807) is 0 Å². The summed E-state index contributed by atoms with van der Waals surface area (Å²) in [5, 5.41) is 0.704. The molecule has 1 fully saturated rings. The Morgan fingerprint density at radius 3 is 2.88 bits per heavy atom. The van der Waals surface area contributed by atoms with Gasteiger partial charge in [-0.05, 0) is 25.7 Å². The zero-order valence-electron chi connectivity index (χ0n) is 10.3. The van der Waals surface area contributed by atoms with Crippen LogP contribution in [-0.2, 0) is 9.53 Å². The number of rotatable bonds is 5. The van der Waals surface area contributed by atoms with Crippen LogP contribution in [0.2, 0.25) is 0 Å². The van der Waals surface area contributed by atoms with Crippen molar-refractivity contribution in [3.8, 4) is 0 Å². The lowest BCUT2D eigenvalue weighted by atomic mass is 9.91. The highest BCUT2D eigenvalue weighted by Gasteiger charge is 2.20. The third kappa shape index (κ3) is 4.60. The van der Waals surface area contributed by atoms with Crippen LogP contribution in [0, 0.1) is 5.92 Å². The quantitative estimate of drug-likeness (QED) is 0.546. The molecule has 0 spiro atoms. The van der Waals surface area contributed by atoms with Crippen molar-refractivity contribution in [2.75, 3.05) is 12.4 Å². The third-order valence-electron chi connectivity index (χ3n) is 2.95. The lowest BCUT2D eigenvalue weighted by Crippen LogP contribution is -2.17. The topological polar surface area (TPSA) is 26.3 Å². The summed E-state index contributed by atoms with van der Waals surface area (Å²) in [5.74, 6) is 1.32. The Morgan fingerprint density at radius 1 is 1.50 bits per heavy atom. The number of hydrogen-bond acceptors (Lipinski definition) is 3. The Hall–Kier alpha value is -0.440. The van der Waals surface area contributed by atoms with E-state index in [1.165, 1.54) is 25.7 Å². The Kier molecular flexibility index (Phi) is 5.96. The predicted molar refractivity (Wildman–Crippen MR) is 69.7 cm³/mol. The van der Waals surface area contributed by atoms with Gasteiger partial charge in [0.2, 0.25) is 0 Å². The lowest BCUT2D eigenvalue weighted by molar-refractivity contribution is -0.138. The van der Waals surface area contributed by atoms with Gasteiger partial charge in [-0.3, -0.25) is 0 Å². The van der Waals surface area contributed by atoms with E-state index >= 15 is 0 Å². The zero-order valence-corrected chi connectivity index (χ0v) is 11.1. The molecule has 2 nitrogen and oxygen atoms in total. The number of carbonyl (C=O) groups excluding carboxylic acids is 1. The fourth-order valence-electron chi connectivity index (χ4n) is 2.04. The van der Waals surface area contributed by atoms with Gasteiger partial charge in [0.25, 0.3) is 0 Å². The van der Waals surface area contributed by atoms with E-state index in [1.807, 2.05) is 18.7 Å². The molecular formula is C13H22O2S. The third-order valence-corrected chi connectivity index (χ3v) is 4.36. The van der Waals surface area contributed by atoms with Crippen LogP contribution in [0.1, 0.15) is 39.5 Å². The number of carbonyl (C=O) groups is 1. The van der Waals surface area contributed by atoms with E-state index in [-0.39, 0.29) is 5.97 Å². The summed E-state index contributed by atoms with van der Waals surface area (Å²) in [6.07, 6.45) is 5.24. The molecule has 0 aromatic rings. The van der Waals surface area contributed by atoms with Gasteiger partial charge in [-0.25, -0.2) is 4.79 Å². The minimum Gasteiger partial charge on any atom is -0.463 e. The Bertz CT molecular complexity index is 250. The van der Waals surface area contributed by atoms with Gasteiger partial charge in [-0.15, -0.1) is 0 Å². The summed E-state index contributed by atoms with van der Waals surface area (Å²) in [6, 6.07) is 0. The summed E-state index contributed by atoms with van der Waals surface area (Å²) in [7, 11) is 0. The van der Waals surface area contributed by atoms with E-state index in [9.17, 15) is 4.79 Å². The highest BCUT2D eigenvalue weighted by molar-refractivity contribution is 8.00. The molecule has 1 saturated carbocycles. The monoisotopic (exact) mass is 242 g/mol. The van der Waals surface area contributed by atoms with Crippen LogP contribution in [0.25, 0.3) is 0 Å². The van der Waals surface area contributed by atoms with E-state index in [2.05, 4.69) is 13.5 Å². The fourth-order valence-corrected chi connectivity index (χ4v) is 3.39. The molecule has 0 heterocycles. The van der Waals surface area contributed by atoms with Crippen molar-refractivity contribution in [1.29, 1.82) is 0 Å². The first-order chi connectivity index (χ1) is 7.63. The summed E-state index contributed by atoms with van der Waals surface area (Å²) >= 11 is 1.86. The molecule has 92 valence electrons. The van der Waals surface area contributed by atoms with Crippen molar-refractivity contribution < 1.29 is 9.53 Å². The Labute approximate surface area is 103 Å². The van der Waals surface area contributed by atoms with E-state index < -0.39 is 0 Å². The van der Waals surface area contributed by atoms with Crippen LogP contribution in [0.5, 0.6) is 0 Å². The molecule has 1 aliphatic carbocycles. The number of hydrogen-bond donors (Lipinski definition) is 0. The van der Waals surface area contributed by atoms with Crippen molar-refractivity contribution >= 4 is 17.7 Å². The molecule has 0 saturated heterocycles. The second kappa shape index (κ2) is 7.00. The van der Waals surface area contributed by atoms with E-state index in [0.29, 0.717) is 17.4 Å². The van der Waals surface area contributed by atoms with Crippen molar-refractivity contribution in [3.63, 3.8) is 0 Å². The zero-order chi connectivity index (χ0) is 12.0. The summed E-state index contributed by atoms with van der Waals surface area (Å²) < 4.78 is 4.91. The van der Waals surface area contributed by atoms with E-state index in [0.717, 1.165) is 11.7 Å². The lowest BCUT2D eigenvalue weighted by Gasteiger charge is -2.26. The normalized spacial score (nSPS) is 25.1. The fraction of sp³-hybridized carbons (Fsp3) is 0.769. The van der Waals surface area contributed by atoms with Gasteiger partial charge in [0, 0.05) is 16.6 Å². The minimum absolute atomic E-state index is 0.237. The molecule has 2 unspecified atom stereocenters. The van der Waals surface area contributed by atoms with Crippen molar-refractivity contribution in [2.24, 2.45) is 5.92 Å². The van der Waals surface area contributed by atoms with E-state index in [4.69, 9.17) is 4.74 Å². The first-order valence-electron chi connectivity index (χ1n) is 6.10. The molecule has 1 rings (SSSR count). The van der Waals surface area contributed by atoms with Crippen LogP contribution >= 0.6 is 11.8 Å². The second-order valence-electron chi connectivity index (χ2n) is 4.53. The van der Waals surface area contributed by atoms with Gasteiger partial charge in [0.1, 0.15) is 0 Å². The highest BCUT2D eigenvalue weighted by atomic mass is 32.2. The van der Waals surface area contributed by atoms with Crippen molar-refractivity contribution in [3.05, 3.63) is 12.2 Å². The standard InChI is InChI=1S/C13H22O2S/c1-4-15-13(14)11(3)9-16-12-7-5-6-10(2)8-12/h10,12H,3-9H2,1-2H3. The first kappa shape index (κ1) is 13.6. The number of ether oxygens (including phenoxy) is 1. The molecule has 1 aliphatic rings. The molecule has 0 aromatic heterocycles. The van der Waals surface area contributed by atoms with Crippen molar-refractivity contribution in [1.82, 2.24) is 0 Å². The maximum atomic E-state index is 11.3. The van der Waals surface area contributed by atoms with Gasteiger partial charge < -0.3 is 4.74 Å². The highest BCUT2D eigenvalue weighted by Crippen LogP contribution is 2.32. The minimum atomic E-state index is -0.237. The molecule has 0 radical (unpaired) electrons. The average Bonchev–Trinajstić information content (AvgIpc) is 2.26. The second-order valence-corrected chi connectivity index (χ2v) is 5.82. The van der Waals surface area contributed by atoms with Gasteiger partial charge in [0.05, 0.1) is 6.61 Å². The van der Waals surface area contributed by atoms with Crippen LogP contribution in [0.4, 0.5) is 0 Å². The summed E-state index contributed by atoms with van der Waals surface area (Å²) in [6.45, 7) is 8.35. The molecule has 16 heavy (non-hydrogen) atoms. The van der Waals surface area contributed by atoms with Crippen LogP contribution in [0.15, 0.2) is 12.2 Å². The van der Waals surface area contributed by atoms with Gasteiger partial charge in [-0.2, -0.15) is 11.8 Å².